The summed E-state index contributed by atoms with van der Waals surface area (Å²) in [6.07, 6.45) is 3.41. The number of nitrogens with one attached hydrogen (secondary N) is 2. The maximum Gasteiger partial charge on any atom is 0.319 e. The molecule has 1 unspecified atom stereocenters. The van der Waals surface area contributed by atoms with Crippen LogP contribution < -0.4 is 15.4 Å². The molecule has 1 atom stereocenters. The number of amides is 2. The van der Waals surface area contributed by atoms with Crippen LogP contribution in [0.4, 0.5) is 10.5 Å². The maximum atomic E-state index is 12.1. The van der Waals surface area contributed by atoms with Crippen LogP contribution in [0.3, 0.4) is 0 Å². The van der Waals surface area contributed by atoms with Crippen LogP contribution in [-0.2, 0) is 6.54 Å². The molecule has 0 saturated carbocycles. The van der Waals surface area contributed by atoms with Crippen molar-refractivity contribution in [2.75, 3.05) is 11.9 Å². The first-order chi connectivity index (χ1) is 12.8. The summed E-state index contributed by atoms with van der Waals surface area (Å²) >= 11 is 0. The van der Waals surface area contributed by atoms with E-state index in [-0.39, 0.29) is 11.9 Å². The lowest BCUT2D eigenvalue weighted by molar-refractivity contribution is 0.251. The van der Waals surface area contributed by atoms with Crippen LogP contribution in [0.15, 0.2) is 73.1 Å². The summed E-state index contributed by atoms with van der Waals surface area (Å²) in [5.41, 5.74) is 4.10. The molecule has 0 bridgehead atoms. The van der Waals surface area contributed by atoms with Gasteiger partial charge in [0.2, 0.25) is 0 Å². The highest BCUT2D eigenvalue weighted by molar-refractivity contribution is 5.89. The molecule has 3 aromatic rings. The Kier molecular flexibility index (Phi) is 4.51. The van der Waals surface area contributed by atoms with Gasteiger partial charge in [0.1, 0.15) is 5.75 Å². The smallest absolute Gasteiger partial charge is 0.319 e. The molecule has 26 heavy (non-hydrogen) atoms. The van der Waals surface area contributed by atoms with Gasteiger partial charge in [-0.3, -0.25) is 4.98 Å². The standard InChI is InChI=1S/C21H19N3O2/c25-21(23-13-15-8-10-22-11-9-15)24-17-6-7-18-19(14-26-20(18)12-17)16-4-2-1-3-5-16/h1-12,19H,13-14H2,(H2,23,24,25). The van der Waals surface area contributed by atoms with E-state index in [1.54, 1.807) is 12.4 Å². The predicted molar refractivity (Wildman–Crippen MR) is 100 cm³/mol. The van der Waals surface area contributed by atoms with E-state index >= 15 is 0 Å². The fourth-order valence-electron chi connectivity index (χ4n) is 3.11. The second-order valence-corrected chi connectivity index (χ2v) is 6.19. The van der Waals surface area contributed by atoms with Crippen LogP contribution in [0.1, 0.15) is 22.6 Å². The van der Waals surface area contributed by atoms with Crippen molar-refractivity contribution >= 4 is 11.7 Å². The average molecular weight is 345 g/mol. The number of carbonyl (C=O) groups is 1. The number of carbonyl (C=O) groups excluding carboxylic acids is 1. The van der Waals surface area contributed by atoms with Crippen molar-refractivity contribution in [3.63, 3.8) is 0 Å². The Bertz CT molecular complexity index is 898. The Balaban J connectivity index is 1.41. The second kappa shape index (κ2) is 7.27. The zero-order chi connectivity index (χ0) is 17.8. The number of hydrogen-bond donors (Lipinski definition) is 2. The largest absolute Gasteiger partial charge is 0.492 e. The molecule has 0 aliphatic carbocycles. The number of anilines is 1. The van der Waals surface area contributed by atoms with Gasteiger partial charge in [0.15, 0.2) is 0 Å². The predicted octanol–water partition coefficient (Wildman–Crippen LogP) is 3.93. The number of aromatic nitrogens is 1. The van der Waals surface area contributed by atoms with E-state index in [9.17, 15) is 4.79 Å². The van der Waals surface area contributed by atoms with Crippen molar-refractivity contribution < 1.29 is 9.53 Å². The molecule has 130 valence electrons. The van der Waals surface area contributed by atoms with Gasteiger partial charge < -0.3 is 15.4 Å². The van der Waals surface area contributed by atoms with Crippen LogP contribution in [0, 0.1) is 0 Å². The Morgan fingerprint density at radius 2 is 1.88 bits per heavy atom. The highest BCUT2D eigenvalue weighted by atomic mass is 16.5. The lowest BCUT2D eigenvalue weighted by atomic mass is 9.93. The summed E-state index contributed by atoms with van der Waals surface area (Å²) in [5.74, 6) is 1.06. The SMILES string of the molecule is O=C(NCc1ccncc1)Nc1ccc2c(c1)OCC2c1ccccc1. The third-order valence-corrected chi connectivity index (χ3v) is 4.46. The zero-order valence-electron chi connectivity index (χ0n) is 14.2. The van der Waals surface area contributed by atoms with Crippen molar-refractivity contribution in [2.24, 2.45) is 0 Å². The van der Waals surface area contributed by atoms with E-state index in [1.807, 2.05) is 48.5 Å². The molecule has 1 aliphatic heterocycles. The summed E-state index contributed by atoms with van der Waals surface area (Å²) < 4.78 is 5.84. The van der Waals surface area contributed by atoms with Crippen molar-refractivity contribution in [3.8, 4) is 5.75 Å². The Morgan fingerprint density at radius 3 is 2.69 bits per heavy atom. The van der Waals surface area contributed by atoms with Crippen molar-refractivity contribution in [1.29, 1.82) is 0 Å². The van der Waals surface area contributed by atoms with Crippen LogP contribution >= 0.6 is 0 Å². The van der Waals surface area contributed by atoms with Crippen molar-refractivity contribution in [2.45, 2.75) is 12.5 Å². The van der Waals surface area contributed by atoms with Crippen molar-refractivity contribution in [1.82, 2.24) is 10.3 Å². The number of hydrogen-bond acceptors (Lipinski definition) is 3. The maximum absolute atomic E-state index is 12.1. The number of fused-ring (bicyclic) bond motifs is 1. The summed E-state index contributed by atoms with van der Waals surface area (Å²) in [6, 6.07) is 19.6. The molecule has 2 amide bonds. The summed E-state index contributed by atoms with van der Waals surface area (Å²) in [4.78, 5) is 16.1. The fraction of sp³-hybridized carbons (Fsp3) is 0.143. The van der Waals surface area contributed by atoms with Gasteiger partial charge in [-0.15, -0.1) is 0 Å². The molecule has 4 rings (SSSR count). The first-order valence-electron chi connectivity index (χ1n) is 8.55. The molecule has 0 spiro atoms. The lowest BCUT2D eigenvalue weighted by Crippen LogP contribution is -2.28. The molecule has 5 nitrogen and oxygen atoms in total. The summed E-state index contributed by atoms with van der Waals surface area (Å²) in [6.45, 7) is 1.07. The summed E-state index contributed by atoms with van der Waals surface area (Å²) in [5, 5.41) is 5.68. The van der Waals surface area contributed by atoms with E-state index in [0.29, 0.717) is 18.8 Å². The number of urea groups is 1. The molecule has 2 N–H and O–H groups in total. The number of rotatable bonds is 4. The van der Waals surface area contributed by atoms with E-state index in [2.05, 4.69) is 27.8 Å². The molecular weight excluding hydrogens is 326 g/mol. The minimum absolute atomic E-state index is 0.237. The molecule has 2 heterocycles. The van der Waals surface area contributed by atoms with E-state index < -0.39 is 0 Å². The first-order valence-corrected chi connectivity index (χ1v) is 8.55. The zero-order valence-corrected chi connectivity index (χ0v) is 14.2. The third kappa shape index (κ3) is 3.52. The van der Waals surface area contributed by atoms with Gasteiger partial charge in [-0.05, 0) is 29.3 Å². The van der Waals surface area contributed by atoms with Crippen LogP contribution in [-0.4, -0.2) is 17.6 Å². The highest BCUT2D eigenvalue weighted by Gasteiger charge is 2.25. The molecule has 2 aromatic carbocycles. The van der Waals surface area contributed by atoms with Crippen molar-refractivity contribution in [3.05, 3.63) is 89.7 Å². The molecule has 5 heteroatoms. The highest BCUT2D eigenvalue weighted by Crippen LogP contribution is 2.39. The van der Waals surface area contributed by atoms with Crippen LogP contribution in [0.5, 0.6) is 5.75 Å². The van der Waals surface area contributed by atoms with Gasteiger partial charge >= 0.3 is 6.03 Å². The molecule has 0 radical (unpaired) electrons. The molecule has 1 aliphatic rings. The Labute approximate surface area is 152 Å². The van der Waals surface area contributed by atoms with E-state index in [0.717, 1.165) is 16.9 Å². The fourth-order valence-corrected chi connectivity index (χ4v) is 3.11. The lowest BCUT2D eigenvalue weighted by Gasteiger charge is -2.10. The van der Waals surface area contributed by atoms with Crippen LogP contribution in [0.25, 0.3) is 0 Å². The van der Waals surface area contributed by atoms with Gasteiger partial charge in [0.25, 0.3) is 0 Å². The molecule has 0 saturated heterocycles. The first kappa shape index (κ1) is 16.1. The number of pyridine rings is 1. The van der Waals surface area contributed by atoms with Crippen LogP contribution in [0.2, 0.25) is 0 Å². The monoisotopic (exact) mass is 345 g/mol. The number of ether oxygens (including phenoxy) is 1. The number of nitrogens with zero attached hydrogens (tertiary/aromatic N) is 1. The van der Waals surface area contributed by atoms with Gasteiger partial charge in [0, 0.05) is 42.2 Å². The second-order valence-electron chi connectivity index (χ2n) is 6.19. The number of benzene rings is 2. The van der Waals surface area contributed by atoms with E-state index in [4.69, 9.17) is 4.74 Å². The third-order valence-electron chi connectivity index (χ3n) is 4.46. The minimum Gasteiger partial charge on any atom is -0.492 e. The Morgan fingerprint density at radius 1 is 1.08 bits per heavy atom. The molecule has 0 fully saturated rings. The van der Waals surface area contributed by atoms with Gasteiger partial charge in [-0.2, -0.15) is 0 Å². The minimum atomic E-state index is -0.251. The van der Waals surface area contributed by atoms with Gasteiger partial charge in [-0.25, -0.2) is 4.79 Å². The quantitative estimate of drug-likeness (QED) is 0.753. The normalized spacial score (nSPS) is 15.0. The Hall–Kier alpha value is -3.34. The average Bonchev–Trinajstić information content (AvgIpc) is 3.11. The summed E-state index contributed by atoms with van der Waals surface area (Å²) in [7, 11) is 0. The topological polar surface area (TPSA) is 63.2 Å². The molecule has 1 aromatic heterocycles. The molecular formula is C21H19N3O2. The van der Waals surface area contributed by atoms with Gasteiger partial charge in [0.05, 0.1) is 6.61 Å². The van der Waals surface area contributed by atoms with Gasteiger partial charge in [-0.1, -0.05) is 36.4 Å². The van der Waals surface area contributed by atoms with E-state index in [1.165, 1.54) is 5.56 Å².